The van der Waals surface area contributed by atoms with Crippen LogP contribution in [-0.2, 0) is 14.8 Å². The minimum absolute atomic E-state index is 0.154. The van der Waals surface area contributed by atoms with Gasteiger partial charge in [0.15, 0.2) is 0 Å². The second-order valence-corrected chi connectivity index (χ2v) is 7.42. The maximum absolute atomic E-state index is 12.5. The van der Waals surface area contributed by atoms with Gasteiger partial charge < -0.3 is 10.6 Å². The van der Waals surface area contributed by atoms with E-state index < -0.39 is 16.1 Å². The normalized spacial score (nSPS) is 11.9. The predicted octanol–water partition coefficient (Wildman–Crippen LogP) is 2.35. The number of hydrogen-bond donors (Lipinski definition) is 3. The number of terminal acetylenes is 1. The Labute approximate surface area is 154 Å². The van der Waals surface area contributed by atoms with E-state index in [1.807, 2.05) is 0 Å². The number of carbonyl (C=O) groups is 1. The first-order valence-electron chi connectivity index (χ1n) is 7.99. The number of hydrogen-bond acceptors (Lipinski definition) is 4. The van der Waals surface area contributed by atoms with Gasteiger partial charge in [-0.15, -0.1) is 6.42 Å². The summed E-state index contributed by atoms with van der Waals surface area (Å²) in [6.45, 7) is 3.65. The summed E-state index contributed by atoms with van der Waals surface area (Å²) in [4.78, 5) is 12.1. The number of amides is 1. The average Bonchev–Trinajstić information content (AvgIpc) is 2.63. The Balaban J connectivity index is 2.17. The van der Waals surface area contributed by atoms with Crippen LogP contribution < -0.4 is 15.4 Å². The van der Waals surface area contributed by atoms with Crippen molar-refractivity contribution >= 4 is 27.3 Å². The smallest absolute Gasteiger partial charge is 0.261 e. The van der Waals surface area contributed by atoms with Crippen molar-refractivity contribution in [2.75, 3.05) is 16.6 Å². The fourth-order valence-corrected chi connectivity index (χ4v) is 3.37. The fourth-order valence-electron chi connectivity index (χ4n) is 2.23. The molecule has 0 aliphatic carbocycles. The Morgan fingerprint density at radius 1 is 1.19 bits per heavy atom. The molecule has 26 heavy (non-hydrogen) atoms. The van der Waals surface area contributed by atoms with E-state index >= 15 is 0 Å². The van der Waals surface area contributed by atoms with Crippen LogP contribution in [0.2, 0.25) is 0 Å². The summed E-state index contributed by atoms with van der Waals surface area (Å²) in [5, 5.41) is 5.62. The lowest BCUT2D eigenvalue weighted by Crippen LogP contribution is -2.37. The lowest BCUT2D eigenvalue weighted by Gasteiger charge is -2.17. The summed E-state index contributed by atoms with van der Waals surface area (Å²) in [5.41, 5.74) is 1.82. The Kier molecular flexibility index (Phi) is 6.26. The van der Waals surface area contributed by atoms with Gasteiger partial charge in [0.2, 0.25) is 5.91 Å². The fraction of sp³-hybridized carbons (Fsp3) is 0.211. The highest BCUT2D eigenvalue weighted by atomic mass is 32.2. The molecule has 0 aromatic heterocycles. The van der Waals surface area contributed by atoms with Gasteiger partial charge in [0.1, 0.15) is 6.04 Å². The van der Waals surface area contributed by atoms with Gasteiger partial charge in [-0.1, -0.05) is 30.2 Å². The standard InChI is InChI=1S/C19H21N3O3S/c1-4-12-20-19(23)15(3)21-16-11-10-14(2)18(13-16)22-26(24,25)17-8-6-5-7-9-17/h1,5-11,13,15,21-22H,12H2,2-3H3,(H,20,23). The molecular weight excluding hydrogens is 350 g/mol. The van der Waals surface area contributed by atoms with Crippen LogP contribution in [0.5, 0.6) is 0 Å². The summed E-state index contributed by atoms with van der Waals surface area (Å²) in [7, 11) is -3.69. The third-order valence-corrected chi connectivity index (χ3v) is 5.06. The van der Waals surface area contributed by atoms with Crippen LogP contribution in [0.15, 0.2) is 53.4 Å². The number of carbonyl (C=O) groups excluding carboxylic acids is 1. The van der Waals surface area contributed by atoms with Gasteiger partial charge in [0.05, 0.1) is 17.1 Å². The summed E-state index contributed by atoms with van der Waals surface area (Å²) in [6, 6.07) is 12.8. The van der Waals surface area contributed by atoms with Crippen LogP contribution in [0.25, 0.3) is 0 Å². The van der Waals surface area contributed by atoms with Crippen LogP contribution in [-0.4, -0.2) is 26.9 Å². The minimum atomic E-state index is -3.69. The summed E-state index contributed by atoms with van der Waals surface area (Å²) >= 11 is 0. The number of nitrogens with one attached hydrogen (secondary N) is 3. The second kappa shape index (κ2) is 8.41. The minimum Gasteiger partial charge on any atom is -0.374 e. The topological polar surface area (TPSA) is 87.3 Å². The lowest BCUT2D eigenvalue weighted by molar-refractivity contribution is -0.121. The largest absolute Gasteiger partial charge is 0.374 e. The molecule has 0 radical (unpaired) electrons. The van der Waals surface area contributed by atoms with Gasteiger partial charge >= 0.3 is 0 Å². The molecule has 0 spiro atoms. The zero-order valence-electron chi connectivity index (χ0n) is 14.6. The zero-order chi connectivity index (χ0) is 19.2. The molecule has 0 fully saturated rings. The molecule has 0 aliphatic heterocycles. The van der Waals surface area contributed by atoms with E-state index in [2.05, 4.69) is 21.3 Å². The molecule has 1 amide bonds. The summed E-state index contributed by atoms with van der Waals surface area (Å²) in [5.74, 6) is 2.10. The highest BCUT2D eigenvalue weighted by Crippen LogP contribution is 2.24. The Bertz CT molecular complexity index is 919. The van der Waals surface area contributed by atoms with Gasteiger partial charge in [0.25, 0.3) is 10.0 Å². The number of aryl methyl sites for hydroxylation is 1. The van der Waals surface area contributed by atoms with E-state index in [1.54, 1.807) is 50.2 Å². The van der Waals surface area contributed by atoms with Crippen molar-refractivity contribution in [3.63, 3.8) is 0 Å². The van der Waals surface area contributed by atoms with Crippen LogP contribution >= 0.6 is 0 Å². The summed E-state index contributed by atoms with van der Waals surface area (Å²) < 4.78 is 27.6. The van der Waals surface area contributed by atoms with Crippen LogP contribution in [0.4, 0.5) is 11.4 Å². The second-order valence-electron chi connectivity index (χ2n) is 5.74. The molecule has 136 valence electrons. The molecular formula is C19H21N3O3S. The van der Waals surface area contributed by atoms with E-state index in [9.17, 15) is 13.2 Å². The number of rotatable bonds is 7. The average molecular weight is 371 g/mol. The maximum atomic E-state index is 12.5. The molecule has 0 bridgehead atoms. The summed E-state index contributed by atoms with van der Waals surface area (Å²) in [6.07, 6.45) is 5.12. The van der Waals surface area contributed by atoms with Crippen molar-refractivity contribution in [1.82, 2.24) is 5.32 Å². The van der Waals surface area contributed by atoms with E-state index in [4.69, 9.17) is 6.42 Å². The number of sulfonamides is 1. The first-order chi connectivity index (χ1) is 12.3. The van der Waals surface area contributed by atoms with Crippen LogP contribution in [0, 0.1) is 19.3 Å². The molecule has 0 heterocycles. The Hall–Kier alpha value is -2.98. The van der Waals surface area contributed by atoms with Crippen LogP contribution in [0.3, 0.4) is 0 Å². The predicted molar refractivity (Wildman–Crippen MR) is 103 cm³/mol. The molecule has 1 unspecified atom stereocenters. The molecule has 7 heteroatoms. The molecule has 2 aromatic rings. The molecule has 0 saturated heterocycles. The third kappa shape index (κ3) is 5.01. The van der Waals surface area contributed by atoms with Gasteiger partial charge in [-0.05, 0) is 43.7 Å². The van der Waals surface area contributed by atoms with Gasteiger partial charge in [-0.2, -0.15) is 0 Å². The molecule has 0 aliphatic rings. The first-order valence-corrected chi connectivity index (χ1v) is 9.48. The molecule has 0 saturated carbocycles. The number of anilines is 2. The van der Waals surface area contributed by atoms with Gasteiger partial charge in [-0.3, -0.25) is 9.52 Å². The van der Waals surface area contributed by atoms with Crippen molar-refractivity contribution < 1.29 is 13.2 Å². The maximum Gasteiger partial charge on any atom is 0.261 e. The molecule has 2 aromatic carbocycles. The van der Waals surface area contributed by atoms with Gasteiger partial charge in [-0.25, -0.2) is 8.42 Å². The van der Waals surface area contributed by atoms with E-state index in [-0.39, 0.29) is 17.3 Å². The quantitative estimate of drug-likeness (QED) is 0.652. The van der Waals surface area contributed by atoms with E-state index in [1.165, 1.54) is 12.1 Å². The molecule has 6 nitrogen and oxygen atoms in total. The first kappa shape index (κ1) is 19.3. The Morgan fingerprint density at radius 2 is 1.88 bits per heavy atom. The monoisotopic (exact) mass is 371 g/mol. The van der Waals surface area contributed by atoms with Gasteiger partial charge in [0, 0.05) is 5.69 Å². The van der Waals surface area contributed by atoms with Crippen molar-refractivity contribution in [3.05, 3.63) is 54.1 Å². The third-order valence-electron chi connectivity index (χ3n) is 3.68. The van der Waals surface area contributed by atoms with E-state index in [0.717, 1.165) is 5.56 Å². The van der Waals surface area contributed by atoms with Crippen molar-refractivity contribution in [2.24, 2.45) is 0 Å². The molecule has 2 rings (SSSR count). The molecule has 3 N–H and O–H groups in total. The Morgan fingerprint density at radius 3 is 2.54 bits per heavy atom. The van der Waals surface area contributed by atoms with Crippen molar-refractivity contribution in [1.29, 1.82) is 0 Å². The highest BCUT2D eigenvalue weighted by molar-refractivity contribution is 7.92. The molecule has 1 atom stereocenters. The number of benzene rings is 2. The highest BCUT2D eigenvalue weighted by Gasteiger charge is 2.16. The SMILES string of the molecule is C#CCNC(=O)C(C)Nc1ccc(C)c(NS(=O)(=O)c2ccccc2)c1. The van der Waals surface area contributed by atoms with E-state index in [0.29, 0.717) is 11.4 Å². The zero-order valence-corrected chi connectivity index (χ0v) is 15.4. The van der Waals surface area contributed by atoms with Crippen molar-refractivity contribution in [2.45, 2.75) is 24.8 Å². The van der Waals surface area contributed by atoms with Crippen LogP contribution in [0.1, 0.15) is 12.5 Å². The lowest BCUT2D eigenvalue weighted by atomic mass is 10.1. The van der Waals surface area contributed by atoms with Crippen molar-refractivity contribution in [3.8, 4) is 12.3 Å².